The van der Waals surface area contributed by atoms with E-state index in [1.807, 2.05) is 0 Å². The van der Waals surface area contributed by atoms with Crippen LogP contribution >= 0.6 is 0 Å². The summed E-state index contributed by atoms with van der Waals surface area (Å²) < 4.78 is 0. The number of hydrogen-bond donors (Lipinski definition) is 0. The second kappa shape index (κ2) is 9.20. The van der Waals surface area contributed by atoms with Crippen LogP contribution in [0, 0.1) is 5.92 Å². The molecule has 0 aliphatic carbocycles. The van der Waals surface area contributed by atoms with Crippen molar-refractivity contribution in [3.63, 3.8) is 0 Å². The molecule has 0 aliphatic heterocycles. The summed E-state index contributed by atoms with van der Waals surface area (Å²) in [5, 5.41) is 9.96. The van der Waals surface area contributed by atoms with E-state index >= 15 is 0 Å². The van der Waals surface area contributed by atoms with Crippen molar-refractivity contribution < 1.29 is 61.3 Å². The molecule has 11 heavy (non-hydrogen) atoms. The Bertz CT molecular complexity index is 104. The third-order valence-corrected chi connectivity index (χ3v) is 1.77. The van der Waals surface area contributed by atoms with Crippen molar-refractivity contribution in [1.29, 1.82) is 0 Å². The fraction of sp³-hybridized carbons (Fsp3) is 0.875. The van der Waals surface area contributed by atoms with Crippen LogP contribution < -0.4 is 56.5 Å². The number of hydrogen-bond acceptors (Lipinski definition) is 2. The molecule has 1 unspecified atom stereocenters. The van der Waals surface area contributed by atoms with Gasteiger partial charge in [-0.1, -0.05) is 26.7 Å². The summed E-state index contributed by atoms with van der Waals surface area (Å²) in [7, 11) is 0. The summed E-state index contributed by atoms with van der Waals surface area (Å²) in [6, 6.07) is 0. The normalized spacial score (nSPS) is 11.8. The molecule has 0 saturated carbocycles. The number of carboxylic acids is 1. The van der Waals surface area contributed by atoms with Crippen LogP contribution in [0.5, 0.6) is 0 Å². The molecule has 0 rings (SSSR count). The molecule has 0 radical (unpaired) electrons. The van der Waals surface area contributed by atoms with Crippen molar-refractivity contribution in [2.75, 3.05) is 0 Å². The molecule has 1 atom stereocenters. The average molecular weight is 182 g/mol. The van der Waals surface area contributed by atoms with Gasteiger partial charge in [-0.05, 0) is 18.8 Å². The Balaban J connectivity index is 0. The van der Waals surface area contributed by atoms with Crippen LogP contribution in [0.3, 0.4) is 0 Å². The first-order valence-corrected chi connectivity index (χ1v) is 3.86. The predicted molar refractivity (Wildman–Crippen MR) is 38.3 cm³/mol. The van der Waals surface area contributed by atoms with E-state index in [1.165, 1.54) is 0 Å². The van der Waals surface area contributed by atoms with Crippen LogP contribution in [-0.2, 0) is 4.79 Å². The molecule has 0 amide bonds. The molecule has 0 fully saturated rings. The Morgan fingerprint density at radius 1 is 1.55 bits per heavy atom. The minimum atomic E-state index is -0.927. The van der Waals surface area contributed by atoms with E-state index in [9.17, 15) is 9.90 Å². The standard InChI is InChI=1S/C8H16O2.K/c1-3-7(2)5-4-6-8(9)10;/h7H,3-6H2,1-2H3,(H,9,10);/q;+1/p-1. The molecular formula is C8H15KO2. The summed E-state index contributed by atoms with van der Waals surface area (Å²) in [4.78, 5) is 9.96. The summed E-state index contributed by atoms with van der Waals surface area (Å²) in [6.45, 7) is 4.25. The van der Waals surface area contributed by atoms with Gasteiger partial charge in [0.05, 0.1) is 0 Å². The first kappa shape index (κ1) is 14.6. The van der Waals surface area contributed by atoms with Crippen LogP contribution in [0.4, 0.5) is 0 Å². The molecule has 0 saturated heterocycles. The Morgan fingerprint density at radius 3 is 2.45 bits per heavy atom. The van der Waals surface area contributed by atoms with Gasteiger partial charge < -0.3 is 9.90 Å². The van der Waals surface area contributed by atoms with Gasteiger partial charge in [-0.3, -0.25) is 0 Å². The Morgan fingerprint density at radius 2 is 2.09 bits per heavy atom. The number of carboxylic acid groups (broad SMARTS) is 1. The number of aliphatic carboxylic acids is 1. The monoisotopic (exact) mass is 182 g/mol. The Hall–Kier alpha value is 1.11. The number of carbonyl (C=O) groups excluding carboxylic acids is 1. The van der Waals surface area contributed by atoms with Crippen molar-refractivity contribution in [3.8, 4) is 0 Å². The van der Waals surface area contributed by atoms with Gasteiger partial charge in [0.25, 0.3) is 0 Å². The largest absolute Gasteiger partial charge is 1.00 e. The summed E-state index contributed by atoms with van der Waals surface area (Å²) in [6.07, 6.45) is 3.11. The van der Waals surface area contributed by atoms with Crippen LogP contribution in [0.25, 0.3) is 0 Å². The van der Waals surface area contributed by atoms with Crippen LogP contribution in [0.2, 0.25) is 0 Å². The van der Waals surface area contributed by atoms with Crippen LogP contribution in [0.1, 0.15) is 39.5 Å². The Labute approximate surface area is 111 Å². The van der Waals surface area contributed by atoms with Crippen LogP contribution in [0.15, 0.2) is 0 Å². The van der Waals surface area contributed by atoms with Gasteiger partial charge in [-0.15, -0.1) is 0 Å². The Kier molecular flexibility index (Phi) is 12.2. The van der Waals surface area contributed by atoms with Gasteiger partial charge in [-0.2, -0.15) is 0 Å². The number of carbonyl (C=O) groups is 1. The smallest absolute Gasteiger partial charge is 0.550 e. The third kappa shape index (κ3) is 11.1. The predicted octanol–water partition coefficient (Wildman–Crippen LogP) is -2.04. The average Bonchev–Trinajstić information content (AvgIpc) is 1.87. The molecule has 0 aromatic rings. The SMILES string of the molecule is CCC(C)CCCC(=O)[O-].[K+]. The van der Waals surface area contributed by atoms with E-state index in [0.29, 0.717) is 5.92 Å². The van der Waals surface area contributed by atoms with Gasteiger partial charge in [0.1, 0.15) is 0 Å². The van der Waals surface area contributed by atoms with Gasteiger partial charge in [-0.25, -0.2) is 0 Å². The topological polar surface area (TPSA) is 40.1 Å². The molecule has 0 bridgehead atoms. The van der Waals surface area contributed by atoms with Crippen LogP contribution in [-0.4, -0.2) is 5.97 Å². The second-order valence-electron chi connectivity index (χ2n) is 2.78. The quantitative estimate of drug-likeness (QED) is 0.460. The van der Waals surface area contributed by atoms with Crippen molar-refractivity contribution in [2.24, 2.45) is 5.92 Å². The summed E-state index contributed by atoms with van der Waals surface area (Å²) in [5.41, 5.74) is 0. The van der Waals surface area contributed by atoms with Gasteiger partial charge in [0.15, 0.2) is 0 Å². The van der Waals surface area contributed by atoms with Gasteiger partial charge in [0, 0.05) is 5.97 Å². The molecular weight excluding hydrogens is 167 g/mol. The molecule has 0 spiro atoms. The zero-order chi connectivity index (χ0) is 7.98. The summed E-state index contributed by atoms with van der Waals surface area (Å²) >= 11 is 0. The van der Waals surface area contributed by atoms with E-state index in [2.05, 4.69) is 13.8 Å². The molecule has 0 aromatic heterocycles. The zero-order valence-corrected chi connectivity index (χ0v) is 10.8. The van der Waals surface area contributed by atoms with Crippen molar-refractivity contribution in [1.82, 2.24) is 0 Å². The zero-order valence-electron chi connectivity index (χ0n) is 7.72. The van der Waals surface area contributed by atoms with E-state index in [0.717, 1.165) is 19.3 Å². The van der Waals surface area contributed by atoms with E-state index in [-0.39, 0.29) is 57.8 Å². The van der Waals surface area contributed by atoms with Crippen molar-refractivity contribution in [2.45, 2.75) is 39.5 Å². The third-order valence-electron chi connectivity index (χ3n) is 1.77. The maximum atomic E-state index is 9.96. The molecule has 60 valence electrons. The fourth-order valence-corrected chi connectivity index (χ4v) is 0.799. The minimum absolute atomic E-state index is 0. The molecule has 0 aromatic carbocycles. The van der Waals surface area contributed by atoms with E-state index in [4.69, 9.17) is 0 Å². The van der Waals surface area contributed by atoms with Gasteiger partial charge >= 0.3 is 51.4 Å². The van der Waals surface area contributed by atoms with E-state index in [1.54, 1.807) is 0 Å². The van der Waals surface area contributed by atoms with Crippen molar-refractivity contribution in [3.05, 3.63) is 0 Å². The maximum absolute atomic E-state index is 9.96. The first-order valence-electron chi connectivity index (χ1n) is 3.86. The van der Waals surface area contributed by atoms with E-state index < -0.39 is 5.97 Å². The summed E-state index contributed by atoms with van der Waals surface area (Å²) in [5.74, 6) is -0.275. The number of rotatable bonds is 5. The molecule has 3 heteroatoms. The second-order valence-corrected chi connectivity index (χ2v) is 2.78. The molecule has 0 heterocycles. The van der Waals surface area contributed by atoms with Crippen molar-refractivity contribution >= 4 is 5.97 Å². The first-order chi connectivity index (χ1) is 4.66. The van der Waals surface area contributed by atoms with Gasteiger partial charge in [0.2, 0.25) is 0 Å². The maximum Gasteiger partial charge on any atom is 1.00 e. The molecule has 0 N–H and O–H groups in total. The molecule has 2 nitrogen and oxygen atoms in total. The minimum Gasteiger partial charge on any atom is -0.550 e. The fourth-order valence-electron chi connectivity index (χ4n) is 0.799. The molecule has 0 aliphatic rings.